The van der Waals surface area contributed by atoms with Gasteiger partial charge in [-0.1, -0.05) is 73.1 Å². The number of hydrogen-bond acceptors (Lipinski definition) is 3. The van der Waals surface area contributed by atoms with Gasteiger partial charge in [0.05, 0.1) is 5.92 Å². The van der Waals surface area contributed by atoms with Gasteiger partial charge in [0.15, 0.2) is 0 Å². The Balaban J connectivity index is 2.50. The van der Waals surface area contributed by atoms with Crippen LogP contribution in [0.15, 0.2) is 82.2 Å². The first-order valence-corrected chi connectivity index (χ1v) is 14.9. The highest BCUT2D eigenvalue weighted by atomic mass is 35.5. The quantitative estimate of drug-likeness (QED) is 0.103. The van der Waals surface area contributed by atoms with E-state index in [1.807, 2.05) is 70.2 Å². The second kappa shape index (κ2) is 15.7. The molecule has 2 aliphatic carbocycles. The van der Waals surface area contributed by atoms with Crippen LogP contribution in [0.3, 0.4) is 0 Å². The average Bonchev–Trinajstić information content (AvgIpc) is 2.88. The zero-order valence-corrected chi connectivity index (χ0v) is 26.2. The average molecular weight is 595 g/mol. The van der Waals surface area contributed by atoms with E-state index in [1.165, 1.54) is 0 Å². The Hall–Kier alpha value is -2.47. The normalized spacial score (nSPS) is 23.3. The van der Waals surface area contributed by atoms with Crippen molar-refractivity contribution >= 4 is 17.6 Å². The van der Waals surface area contributed by atoms with Crippen LogP contribution >= 0.6 is 11.6 Å². The van der Waals surface area contributed by atoms with Gasteiger partial charge >= 0.3 is 12.1 Å². The molecule has 0 amide bonds. The zero-order valence-electron chi connectivity index (χ0n) is 25.5. The van der Waals surface area contributed by atoms with Crippen LogP contribution < -0.4 is 0 Å². The summed E-state index contributed by atoms with van der Waals surface area (Å²) in [6, 6.07) is 0. The molecule has 228 valence electrons. The fourth-order valence-corrected chi connectivity index (χ4v) is 5.11. The Bertz CT molecular complexity index is 1110. The second-order valence-electron chi connectivity index (χ2n) is 12.1. The summed E-state index contributed by atoms with van der Waals surface area (Å²) in [5, 5.41) is 0.640. The smallest absolute Gasteiger partial charge is 0.412 e. The third-order valence-electron chi connectivity index (χ3n) is 7.15. The number of esters is 1. The number of allylic oxidation sites excluding steroid dienone is 11. The van der Waals surface area contributed by atoms with Gasteiger partial charge in [-0.15, -0.1) is 0 Å². The van der Waals surface area contributed by atoms with Gasteiger partial charge in [-0.25, -0.2) is 0 Å². The largest absolute Gasteiger partial charge is 0.489 e. The molecule has 0 saturated heterocycles. The predicted molar refractivity (Wildman–Crippen MR) is 162 cm³/mol. The van der Waals surface area contributed by atoms with Gasteiger partial charge in [0.1, 0.15) is 17.5 Å². The molecule has 0 heterocycles. The lowest BCUT2D eigenvalue weighted by Crippen LogP contribution is -2.34. The maximum Gasteiger partial charge on any atom is 0.412 e. The van der Waals surface area contributed by atoms with E-state index < -0.39 is 17.4 Å². The Labute approximate surface area is 249 Å². The number of rotatable bonds is 11. The van der Waals surface area contributed by atoms with Gasteiger partial charge in [-0.05, 0) is 90.9 Å². The molecule has 0 spiro atoms. The first-order valence-electron chi connectivity index (χ1n) is 14.5. The van der Waals surface area contributed by atoms with Crippen LogP contribution in [0, 0.1) is 17.8 Å². The van der Waals surface area contributed by atoms with E-state index in [-0.39, 0.29) is 35.6 Å². The molecular formula is C34H46ClF3O3. The van der Waals surface area contributed by atoms with Crippen molar-refractivity contribution in [3.63, 3.8) is 0 Å². The first-order chi connectivity index (χ1) is 19.1. The SMILES string of the molecule is CCCC(C1C=CC(C(=O)OC(C)(C)C)CC1)C(CC(C)=CC=C(C)Cl)OC(C=C(C)C(F)(F)F)=C1C=CC=CC1. The third kappa shape index (κ3) is 12.1. The van der Waals surface area contributed by atoms with Gasteiger partial charge in [-0.3, -0.25) is 4.79 Å². The fourth-order valence-electron chi connectivity index (χ4n) is 5.04. The molecule has 3 nitrogen and oxygen atoms in total. The van der Waals surface area contributed by atoms with Crippen LogP contribution in [0.1, 0.15) is 87.0 Å². The summed E-state index contributed by atoms with van der Waals surface area (Å²) < 4.78 is 53.1. The molecule has 4 atom stereocenters. The van der Waals surface area contributed by atoms with Crippen molar-refractivity contribution < 1.29 is 27.4 Å². The Kier molecular flexibility index (Phi) is 13.3. The predicted octanol–water partition coefficient (Wildman–Crippen LogP) is 10.5. The summed E-state index contributed by atoms with van der Waals surface area (Å²) in [5.74, 6) is -0.156. The molecule has 0 N–H and O–H groups in total. The maximum atomic E-state index is 13.6. The lowest BCUT2D eigenvalue weighted by atomic mass is 9.75. The van der Waals surface area contributed by atoms with Crippen molar-refractivity contribution in [2.75, 3.05) is 0 Å². The summed E-state index contributed by atoms with van der Waals surface area (Å²) in [7, 11) is 0. The van der Waals surface area contributed by atoms with Crippen molar-refractivity contribution in [1.29, 1.82) is 0 Å². The molecule has 2 aliphatic rings. The molecule has 7 heteroatoms. The maximum absolute atomic E-state index is 13.6. The van der Waals surface area contributed by atoms with E-state index in [4.69, 9.17) is 21.1 Å². The van der Waals surface area contributed by atoms with Gasteiger partial charge in [0, 0.05) is 22.9 Å². The van der Waals surface area contributed by atoms with Crippen LogP contribution in [-0.4, -0.2) is 23.9 Å². The van der Waals surface area contributed by atoms with Crippen LogP contribution in [0.25, 0.3) is 0 Å². The van der Waals surface area contributed by atoms with Crippen molar-refractivity contribution in [1.82, 2.24) is 0 Å². The Morgan fingerprint density at radius 3 is 2.32 bits per heavy atom. The van der Waals surface area contributed by atoms with E-state index >= 15 is 0 Å². The third-order valence-corrected chi connectivity index (χ3v) is 7.28. The minimum atomic E-state index is -4.46. The summed E-state index contributed by atoms with van der Waals surface area (Å²) >= 11 is 6.06. The van der Waals surface area contributed by atoms with E-state index in [1.54, 1.807) is 6.92 Å². The summed E-state index contributed by atoms with van der Waals surface area (Å²) in [5.41, 5.74) is 0.459. The number of halogens is 4. The van der Waals surface area contributed by atoms with Crippen LogP contribution in [0.4, 0.5) is 13.2 Å². The number of hydrogen-bond donors (Lipinski definition) is 0. The van der Waals surface area contributed by atoms with Crippen LogP contribution in [-0.2, 0) is 14.3 Å². The topological polar surface area (TPSA) is 35.5 Å². The number of carbonyl (C=O) groups is 1. The summed E-state index contributed by atoms with van der Waals surface area (Å²) in [6.45, 7) is 12.5. The molecule has 0 aliphatic heterocycles. The van der Waals surface area contributed by atoms with Crippen molar-refractivity contribution in [3.05, 3.63) is 82.2 Å². The van der Waals surface area contributed by atoms with E-state index in [0.29, 0.717) is 29.9 Å². The van der Waals surface area contributed by atoms with Gasteiger partial charge in [-0.2, -0.15) is 13.2 Å². The van der Waals surface area contributed by atoms with Crippen molar-refractivity contribution in [2.24, 2.45) is 17.8 Å². The zero-order chi connectivity index (χ0) is 30.8. The Morgan fingerprint density at radius 1 is 1.10 bits per heavy atom. The van der Waals surface area contributed by atoms with Crippen molar-refractivity contribution in [2.45, 2.75) is 105 Å². The van der Waals surface area contributed by atoms with Crippen molar-refractivity contribution in [3.8, 4) is 0 Å². The summed E-state index contributed by atoms with van der Waals surface area (Å²) in [6.07, 6.45) is 15.6. The van der Waals surface area contributed by atoms with Crippen LogP contribution in [0.5, 0.6) is 0 Å². The molecule has 0 bridgehead atoms. The number of carbonyl (C=O) groups excluding carboxylic acids is 1. The highest BCUT2D eigenvalue weighted by Gasteiger charge is 2.35. The molecular weight excluding hydrogens is 549 g/mol. The van der Waals surface area contributed by atoms with Crippen LogP contribution in [0.2, 0.25) is 0 Å². The minimum absolute atomic E-state index is 0.0265. The molecule has 41 heavy (non-hydrogen) atoms. The lowest BCUT2D eigenvalue weighted by Gasteiger charge is -2.36. The highest BCUT2D eigenvalue weighted by Crippen LogP contribution is 2.38. The molecule has 0 saturated carbocycles. The highest BCUT2D eigenvalue weighted by molar-refractivity contribution is 6.29. The number of alkyl halides is 3. The Morgan fingerprint density at radius 2 is 1.80 bits per heavy atom. The van der Waals surface area contributed by atoms with E-state index in [0.717, 1.165) is 37.8 Å². The lowest BCUT2D eigenvalue weighted by molar-refractivity contribution is -0.158. The fraction of sp³-hybridized carbons (Fsp3) is 0.559. The molecule has 0 fully saturated rings. The van der Waals surface area contributed by atoms with E-state index in [2.05, 4.69) is 13.0 Å². The molecule has 0 aromatic rings. The van der Waals surface area contributed by atoms with Gasteiger partial charge < -0.3 is 9.47 Å². The molecule has 0 radical (unpaired) electrons. The second-order valence-corrected chi connectivity index (χ2v) is 12.6. The summed E-state index contributed by atoms with van der Waals surface area (Å²) in [4.78, 5) is 12.7. The van der Waals surface area contributed by atoms with Gasteiger partial charge in [0.2, 0.25) is 0 Å². The van der Waals surface area contributed by atoms with Gasteiger partial charge in [0.25, 0.3) is 0 Å². The molecule has 0 aromatic carbocycles. The molecule has 2 rings (SSSR count). The monoisotopic (exact) mass is 594 g/mol. The standard InChI is InChI=1S/C34H46ClF3O3/c1-8-12-29(26-17-19-28(20-18-26)32(39)41-33(5,6)7)31(21-23(2)15-16-25(4)35)40-30(22-24(3)34(36,37)38)27-13-10-9-11-14-27/h9-11,13,15-17,19,22,26,28-29,31H,8,12,14,18,20-21H2,1-7H3. The van der Waals surface area contributed by atoms with E-state index in [9.17, 15) is 18.0 Å². The molecule has 4 unspecified atom stereocenters. The molecule has 0 aromatic heterocycles. The first kappa shape index (κ1) is 34.7. The minimum Gasteiger partial charge on any atom is -0.489 e. The number of ether oxygens (including phenoxy) is 2.